The number of amides is 1. The molecule has 5 heteroatoms. The first-order valence-corrected chi connectivity index (χ1v) is 4.32. The van der Waals surface area contributed by atoms with Crippen LogP contribution in [0.1, 0.15) is 26.3 Å². The summed E-state index contributed by atoms with van der Waals surface area (Å²) in [7, 11) is 1.22. The molecule has 0 spiro atoms. The van der Waals surface area contributed by atoms with Crippen molar-refractivity contribution in [3.8, 4) is 0 Å². The molecule has 0 atom stereocenters. The van der Waals surface area contributed by atoms with Crippen molar-refractivity contribution in [1.29, 1.82) is 0 Å². The van der Waals surface area contributed by atoms with Crippen molar-refractivity contribution in [3.63, 3.8) is 0 Å². The lowest BCUT2D eigenvalue weighted by molar-refractivity contribution is 0.0599. The average molecular weight is 209 g/mol. The van der Waals surface area contributed by atoms with Crippen molar-refractivity contribution in [2.24, 2.45) is 0 Å². The van der Waals surface area contributed by atoms with Crippen LogP contribution in [0.3, 0.4) is 0 Å². The summed E-state index contributed by atoms with van der Waals surface area (Å²) in [5, 5.41) is 2.48. The van der Waals surface area contributed by atoms with E-state index in [0.717, 1.165) is 6.07 Å². The number of esters is 1. The number of ether oxygens (including phenoxy) is 1. The highest BCUT2D eigenvalue weighted by molar-refractivity contribution is 6.00. The molecule has 1 heterocycles. The molecule has 2 rings (SSSR count). The molecule has 0 radical (unpaired) electrons. The van der Waals surface area contributed by atoms with Crippen molar-refractivity contribution in [3.05, 3.63) is 34.6 Å². The van der Waals surface area contributed by atoms with Crippen LogP contribution in [0.25, 0.3) is 0 Å². The predicted octanol–water partition coefficient (Wildman–Crippen LogP) is 0.856. The first kappa shape index (κ1) is 9.64. The zero-order chi connectivity index (χ0) is 11.0. The van der Waals surface area contributed by atoms with Gasteiger partial charge in [0.2, 0.25) is 0 Å². The summed E-state index contributed by atoms with van der Waals surface area (Å²) in [4.78, 5) is 22.3. The second-order valence-electron chi connectivity index (χ2n) is 3.17. The summed E-state index contributed by atoms with van der Waals surface area (Å²) in [5.74, 6) is -1.75. The number of fused-ring (bicyclic) bond motifs is 1. The van der Waals surface area contributed by atoms with Crippen molar-refractivity contribution in [1.82, 2.24) is 5.32 Å². The standard InChI is InChI=1S/C10H8FNO3/c1-15-10(14)5-2-6-4-12-9(13)8(6)7(11)3-5/h2-3H,4H2,1H3,(H,12,13). The fourth-order valence-electron chi connectivity index (χ4n) is 1.56. The second kappa shape index (κ2) is 3.34. The number of carbonyl (C=O) groups is 2. The van der Waals surface area contributed by atoms with E-state index in [1.165, 1.54) is 13.2 Å². The third-order valence-corrected chi connectivity index (χ3v) is 2.26. The van der Waals surface area contributed by atoms with Crippen LogP contribution in [-0.4, -0.2) is 19.0 Å². The largest absolute Gasteiger partial charge is 0.465 e. The fraction of sp³-hybridized carbons (Fsp3) is 0.200. The van der Waals surface area contributed by atoms with Gasteiger partial charge in [0.1, 0.15) is 5.82 Å². The van der Waals surface area contributed by atoms with Gasteiger partial charge in [0, 0.05) is 6.54 Å². The molecule has 1 aromatic carbocycles. The zero-order valence-corrected chi connectivity index (χ0v) is 7.96. The van der Waals surface area contributed by atoms with Crippen molar-refractivity contribution >= 4 is 11.9 Å². The third-order valence-electron chi connectivity index (χ3n) is 2.26. The van der Waals surface area contributed by atoms with Gasteiger partial charge in [-0.2, -0.15) is 0 Å². The molecular formula is C10H8FNO3. The van der Waals surface area contributed by atoms with E-state index in [9.17, 15) is 14.0 Å². The Morgan fingerprint density at radius 3 is 2.93 bits per heavy atom. The molecular weight excluding hydrogens is 201 g/mol. The molecule has 0 aromatic heterocycles. The summed E-state index contributed by atoms with van der Waals surface area (Å²) in [6.07, 6.45) is 0. The van der Waals surface area contributed by atoms with Gasteiger partial charge in [0.05, 0.1) is 18.2 Å². The average Bonchev–Trinajstić information content (AvgIpc) is 2.59. The Kier molecular flexibility index (Phi) is 2.15. The van der Waals surface area contributed by atoms with E-state index >= 15 is 0 Å². The van der Waals surface area contributed by atoms with Crippen LogP contribution in [0.5, 0.6) is 0 Å². The molecule has 1 aliphatic heterocycles. The van der Waals surface area contributed by atoms with Gasteiger partial charge in [-0.15, -0.1) is 0 Å². The summed E-state index contributed by atoms with van der Waals surface area (Å²) in [6.45, 7) is 0.246. The van der Waals surface area contributed by atoms with Crippen molar-refractivity contribution in [2.45, 2.75) is 6.54 Å². The van der Waals surface area contributed by atoms with Gasteiger partial charge in [-0.25, -0.2) is 9.18 Å². The Bertz CT molecular complexity index is 456. The maximum absolute atomic E-state index is 13.4. The lowest BCUT2D eigenvalue weighted by Crippen LogP contribution is -2.13. The number of nitrogens with one attached hydrogen (secondary N) is 1. The predicted molar refractivity (Wildman–Crippen MR) is 48.9 cm³/mol. The van der Waals surface area contributed by atoms with Gasteiger partial charge in [0.25, 0.3) is 5.91 Å². The zero-order valence-electron chi connectivity index (χ0n) is 7.96. The van der Waals surface area contributed by atoms with Gasteiger partial charge in [-0.1, -0.05) is 0 Å². The normalized spacial score (nSPS) is 13.3. The molecule has 4 nitrogen and oxygen atoms in total. The Hall–Kier alpha value is -1.91. The third kappa shape index (κ3) is 1.45. The lowest BCUT2D eigenvalue weighted by Gasteiger charge is -2.02. The van der Waals surface area contributed by atoms with Gasteiger partial charge >= 0.3 is 5.97 Å². The number of hydrogen-bond acceptors (Lipinski definition) is 3. The molecule has 0 saturated heterocycles. The second-order valence-corrected chi connectivity index (χ2v) is 3.17. The molecule has 0 unspecified atom stereocenters. The Morgan fingerprint density at radius 2 is 2.27 bits per heavy atom. The minimum absolute atomic E-state index is 0.0163. The van der Waals surface area contributed by atoms with Crippen LogP contribution in [0.4, 0.5) is 4.39 Å². The van der Waals surface area contributed by atoms with Crippen molar-refractivity contribution < 1.29 is 18.7 Å². The molecule has 0 aliphatic carbocycles. The van der Waals surface area contributed by atoms with Crippen LogP contribution in [0.15, 0.2) is 12.1 Å². The molecule has 78 valence electrons. The Balaban J connectivity index is 2.53. The van der Waals surface area contributed by atoms with Gasteiger partial charge in [-0.05, 0) is 17.7 Å². The topological polar surface area (TPSA) is 55.4 Å². The SMILES string of the molecule is COC(=O)c1cc(F)c2c(c1)CNC2=O. The first-order valence-electron chi connectivity index (χ1n) is 4.32. The molecule has 1 aliphatic rings. The number of hydrogen-bond donors (Lipinski definition) is 1. The summed E-state index contributed by atoms with van der Waals surface area (Å²) >= 11 is 0. The van der Waals surface area contributed by atoms with Crippen LogP contribution in [0.2, 0.25) is 0 Å². The van der Waals surface area contributed by atoms with Crippen LogP contribution in [0, 0.1) is 5.82 Å². The Morgan fingerprint density at radius 1 is 1.53 bits per heavy atom. The molecule has 0 saturated carbocycles. The Labute approximate surface area is 85.0 Å². The quantitative estimate of drug-likeness (QED) is 0.698. The van der Waals surface area contributed by atoms with E-state index in [4.69, 9.17) is 0 Å². The maximum atomic E-state index is 13.4. The number of benzene rings is 1. The van der Waals surface area contributed by atoms with E-state index in [1.807, 2.05) is 0 Å². The van der Waals surface area contributed by atoms with Gasteiger partial charge in [0.15, 0.2) is 0 Å². The molecule has 0 bridgehead atoms. The summed E-state index contributed by atoms with van der Waals surface area (Å²) in [6, 6.07) is 2.47. The maximum Gasteiger partial charge on any atom is 0.337 e. The summed E-state index contributed by atoms with van der Waals surface area (Å²) in [5.41, 5.74) is 0.619. The van der Waals surface area contributed by atoms with E-state index < -0.39 is 17.7 Å². The number of halogens is 1. The molecule has 1 aromatic rings. The molecule has 0 fully saturated rings. The minimum Gasteiger partial charge on any atom is -0.465 e. The number of methoxy groups -OCH3 is 1. The van der Waals surface area contributed by atoms with Gasteiger partial charge in [-0.3, -0.25) is 4.79 Å². The summed E-state index contributed by atoms with van der Waals surface area (Å²) < 4.78 is 17.9. The smallest absolute Gasteiger partial charge is 0.337 e. The van der Waals surface area contributed by atoms with Gasteiger partial charge < -0.3 is 10.1 Å². The van der Waals surface area contributed by atoms with E-state index in [1.54, 1.807) is 0 Å². The van der Waals surface area contributed by atoms with E-state index in [0.29, 0.717) is 5.56 Å². The number of rotatable bonds is 1. The van der Waals surface area contributed by atoms with Crippen molar-refractivity contribution in [2.75, 3.05) is 7.11 Å². The molecule has 1 N–H and O–H groups in total. The number of carbonyl (C=O) groups excluding carboxylic acids is 2. The van der Waals surface area contributed by atoms with E-state index in [2.05, 4.69) is 10.1 Å². The highest BCUT2D eigenvalue weighted by atomic mass is 19.1. The molecule has 1 amide bonds. The van der Waals surface area contributed by atoms with Crippen LogP contribution in [-0.2, 0) is 11.3 Å². The monoisotopic (exact) mass is 209 g/mol. The molecule has 15 heavy (non-hydrogen) atoms. The lowest BCUT2D eigenvalue weighted by atomic mass is 10.1. The highest BCUT2D eigenvalue weighted by Gasteiger charge is 2.25. The van der Waals surface area contributed by atoms with E-state index in [-0.39, 0.29) is 17.7 Å². The van der Waals surface area contributed by atoms with Crippen LogP contribution >= 0.6 is 0 Å². The van der Waals surface area contributed by atoms with Crippen LogP contribution < -0.4 is 5.32 Å². The minimum atomic E-state index is -0.692. The fourth-order valence-corrected chi connectivity index (χ4v) is 1.56. The highest BCUT2D eigenvalue weighted by Crippen LogP contribution is 2.21. The first-order chi connectivity index (χ1) is 7.13.